The molecule has 1 amide bonds. The molecule has 9 nitrogen and oxygen atoms in total. The molecular weight excluding hydrogens is 579 g/mol. The molecule has 0 atom stereocenters. The summed E-state index contributed by atoms with van der Waals surface area (Å²) in [6.45, 7) is 0. The number of nitrogens with two attached hydrogens (primary N) is 1. The lowest BCUT2D eigenvalue weighted by atomic mass is 10.1. The number of amides is 1. The van der Waals surface area contributed by atoms with Crippen LogP contribution in [-0.2, 0) is 0 Å². The molecule has 3 aromatic carbocycles. The Labute approximate surface area is 249 Å². The van der Waals surface area contributed by atoms with Crippen molar-refractivity contribution < 1.29 is 19.0 Å². The van der Waals surface area contributed by atoms with Crippen LogP contribution in [0.1, 0.15) is 10.4 Å². The maximum absolute atomic E-state index is 12.7. The van der Waals surface area contributed by atoms with Crippen LogP contribution in [0, 0.1) is 0 Å². The average Bonchev–Trinajstić information content (AvgIpc) is 3.63. The first-order valence-electron chi connectivity index (χ1n) is 12.3. The van der Waals surface area contributed by atoms with Gasteiger partial charge < -0.3 is 30.6 Å². The van der Waals surface area contributed by atoms with Gasteiger partial charge in [-0.25, -0.2) is 9.97 Å². The van der Waals surface area contributed by atoms with Crippen molar-refractivity contribution in [3.05, 3.63) is 71.6 Å². The third-order valence-electron chi connectivity index (χ3n) is 6.04. The number of carbonyl (C=O) groups is 1. The van der Waals surface area contributed by atoms with Gasteiger partial charge in [0.2, 0.25) is 5.75 Å². The molecule has 0 bridgehead atoms. The number of thiazole rings is 2. The van der Waals surface area contributed by atoms with Gasteiger partial charge in [0.05, 0.1) is 27.0 Å². The second-order valence-electron chi connectivity index (χ2n) is 8.57. The van der Waals surface area contributed by atoms with E-state index in [0.717, 1.165) is 26.0 Å². The molecule has 5 aromatic rings. The molecule has 210 valence electrons. The Morgan fingerprint density at radius 2 is 1.66 bits per heavy atom. The summed E-state index contributed by atoms with van der Waals surface area (Å²) in [4.78, 5) is 23.9. The van der Waals surface area contributed by atoms with Crippen LogP contribution >= 0.6 is 34.4 Å². The summed E-state index contributed by atoms with van der Waals surface area (Å²) in [5, 5.41) is 9.54. The predicted octanol–water partition coefficient (Wildman–Crippen LogP) is 7.26. The Balaban J connectivity index is 1.33. The monoisotopic (exact) mass is 605 g/mol. The molecule has 41 heavy (non-hydrogen) atoms. The molecule has 2 heterocycles. The SMILES string of the molecule is COc1cc(Nc2nc(N)c(-c3nc(-c4cccc(NC(=O)c5ccc(SC)cc5)c4)cs3)s2)cc(OC)c1OC. The van der Waals surface area contributed by atoms with E-state index in [9.17, 15) is 4.79 Å². The third-order valence-corrected chi connectivity index (χ3v) is 8.76. The van der Waals surface area contributed by atoms with Crippen molar-refractivity contribution in [2.24, 2.45) is 0 Å². The zero-order valence-electron chi connectivity index (χ0n) is 22.7. The van der Waals surface area contributed by atoms with E-state index in [4.69, 9.17) is 24.9 Å². The number of aromatic nitrogens is 2. The van der Waals surface area contributed by atoms with E-state index in [1.165, 1.54) is 22.7 Å². The van der Waals surface area contributed by atoms with E-state index < -0.39 is 0 Å². The number of hydrogen-bond acceptors (Lipinski definition) is 11. The topological polar surface area (TPSA) is 121 Å². The summed E-state index contributed by atoms with van der Waals surface area (Å²) < 4.78 is 16.3. The minimum atomic E-state index is -0.168. The second kappa shape index (κ2) is 12.5. The number of thioether (sulfide) groups is 1. The minimum absolute atomic E-state index is 0.168. The average molecular weight is 606 g/mol. The highest BCUT2D eigenvalue weighted by atomic mass is 32.2. The second-order valence-corrected chi connectivity index (χ2v) is 11.3. The lowest BCUT2D eigenvalue weighted by Crippen LogP contribution is -2.11. The minimum Gasteiger partial charge on any atom is -0.493 e. The summed E-state index contributed by atoms with van der Waals surface area (Å²) >= 11 is 4.50. The maximum Gasteiger partial charge on any atom is 0.255 e. The number of carbonyl (C=O) groups excluding carboxylic acids is 1. The van der Waals surface area contributed by atoms with Crippen molar-refractivity contribution in [2.75, 3.05) is 44.0 Å². The molecule has 2 aromatic heterocycles. The molecule has 0 saturated heterocycles. The van der Waals surface area contributed by atoms with Gasteiger partial charge in [0.15, 0.2) is 16.6 Å². The fourth-order valence-electron chi connectivity index (χ4n) is 4.03. The van der Waals surface area contributed by atoms with Crippen LogP contribution in [0.25, 0.3) is 21.1 Å². The van der Waals surface area contributed by atoms with Gasteiger partial charge in [-0.15, -0.1) is 23.1 Å². The Morgan fingerprint density at radius 1 is 0.927 bits per heavy atom. The Kier molecular flexibility index (Phi) is 8.62. The number of nitrogen functional groups attached to an aromatic ring is 1. The van der Waals surface area contributed by atoms with Crippen molar-refractivity contribution >= 4 is 62.7 Å². The van der Waals surface area contributed by atoms with E-state index in [-0.39, 0.29) is 5.91 Å². The lowest BCUT2D eigenvalue weighted by Gasteiger charge is -2.14. The number of nitrogens with zero attached hydrogens (tertiary/aromatic N) is 2. The van der Waals surface area contributed by atoms with Crippen LogP contribution in [0.4, 0.5) is 22.3 Å². The quantitative estimate of drug-likeness (QED) is 0.141. The number of anilines is 4. The van der Waals surface area contributed by atoms with Crippen molar-refractivity contribution in [2.45, 2.75) is 4.90 Å². The summed E-state index contributed by atoms with van der Waals surface area (Å²) in [6.07, 6.45) is 2.00. The van der Waals surface area contributed by atoms with Gasteiger partial charge in [-0.1, -0.05) is 23.5 Å². The lowest BCUT2D eigenvalue weighted by molar-refractivity contribution is 0.102. The van der Waals surface area contributed by atoms with E-state index >= 15 is 0 Å². The Morgan fingerprint density at radius 3 is 2.32 bits per heavy atom. The molecule has 0 aliphatic heterocycles. The number of rotatable bonds is 10. The first-order valence-corrected chi connectivity index (χ1v) is 15.2. The summed E-state index contributed by atoms with van der Waals surface area (Å²) in [7, 11) is 4.69. The molecule has 12 heteroatoms. The van der Waals surface area contributed by atoms with Gasteiger partial charge in [0.1, 0.15) is 15.7 Å². The zero-order chi connectivity index (χ0) is 28.9. The fraction of sp³-hybridized carbons (Fsp3) is 0.138. The largest absolute Gasteiger partial charge is 0.493 e. The van der Waals surface area contributed by atoms with Crippen LogP contribution in [0.15, 0.2) is 70.9 Å². The van der Waals surface area contributed by atoms with Gasteiger partial charge >= 0.3 is 0 Å². The highest BCUT2D eigenvalue weighted by Crippen LogP contribution is 2.43. The van der Waals surface area contributed by atoms with Gasteiger partial charge in [-0.05, 0) is 42.7 Å². The van der Waals surface area contributed by atoms with E-state index in [1.807, 2.05) is 60.2 Å². The first-order chi connectivity index (χ1) is 19.9. The maximum atomic E-state index is 12.7. The first kappa shape index (κ1) is 28.3. The molecule has 0 saturated carbocycles. The zero-order valence-corrected chi connectivity index (χ0v) is 25.1. The Hall–Kier alpha value is -4.26. The van der Waals surface area contributed by atoms with Crippen LogP contribution in [-0.4, -0.2) is 43.5 Å². The van der Waals surface area contributed by atoms with E-state index in [1.54, 1.807) is 45.2 Å². The van der Waals surface area contributed by atoms with Gasteiger partial charge in [0, 0.05) is 44.9 Å². The standard InChI is InChI=1S/C29H27N5O4S3/c1-36-22-13-19(14-23(37-2)24(22)38-3)32-29-34-26(30)25(41-29)28-33-21(15-40-28)17-6-5-7-18(12-17)31-27(35)16-8-10-20(39-4)11-9-16/h5-15H,30H2,1-4H3,(H,31,35)(H,32,34). The number of nitrogens with one attached hydrogen (secondary N) is 2. The Bertz CT molecular complexity index is 1660. The normalized spacial score (nSPS) is 10.7. The molecule has 0 fully saturated rings. The number of hydrogen-bond donors (Lipinski definition) is 3. The molecule has 0 aliphatic rings. The number of ether oxygens (including phenoxy) is 3. The molecule has 5 rings (SSSR count). The third kappa shape index (κ3) is 6.24. The van der Waals surface area contributed by atoms with Crippen molar-refractivity contribution in [1.82, 2.24) is 9.97 Å². The molecule has 4 N–H and O–H groups in total. The van der Waals surface area contributed by atoms with E-state index in [0.29, 0.717) is 45.1 Å². The summed E-state index contributed by atoms with van der Waals surface area (Å²) in [5.41, 5.74) is 9.94. The highest BCUT2D eigenvalue weighted by Gasteiger charge is 2.18. The summed E-state index contributed by atoms with van der Waals surface area (Å²) in [5.74, 6) is 1.76. The smallest absolute Gasteiger partial charge is 0.255 e. The predicted molar refractivity (Wildman–Crippen MR) is 169 cm³/mol. The van der Waals surface area contributed by atoms with Crippen molar-refractivity contribution in [3.63, 3.8) is 0 Å². The van der Waals surface area contributed by atoms with E-state index in [2.05, 4.69) is 15.6 Å². The fourth-order valence-corrected chi connectivity index (χ4v) is 6.27. The molecule has 0 spiro atoms. The highest BCUT2D eigenvalue weighted by molar-refractivity contribution is 7.98. The van der Waals surface area contributed by atoms with Gasteiger partial charge in [-0.3, -0.25) is 4.79 Å². The van der Waals surface area contributed by atoms with Crippen molar-refractivity contribution in [3.8, 4) is 38.4 Å². The molecule has 0 radical (unpaired) electrons. The van der Waals surface area contributed by atoms with Crippen LogP contribution in [0.3, 0.4) is 0 Å². The number of benzene rings is 3. The molecule has 0 unspecified atom stereocenters. The van der Waals surface area contributed by atoms with Crippen molar-refractivity contribution in [1.29, 1.82) is 0 Å². The van der Waals surface area contributed by atoms with Gasteiger partial charge in [-0.2, -0.15) is 0 Å². The number of methoxy groups -OCH3 is 3. The van der Waals surface area contributed by atoms with Gasteiger partial charge in [0.25, 0.3) is 5.91 Å². The van der Waals surface area contributed by atoms with Crippen LogP contribution in [0.5, 0.6) is 17.2 Å². The summed E-state index contributed by atoms with van der Waals surface area (Å²) in [6, 6.07) is 18.7. The molecule has 0 aliphatic carbocycles. The van der Waals surface area contributed by atoms with Crippen LogP contribution < -0.4 is 30.6 Å². The molecular formula is C29H27N5O4S3. The van der Waals surface area contributed by atoms with Crippen LogP contribution in [0.2, 0.25) is 0 Å².